The van der Waals surface area contributed by atoms with E-state index in [-0.39, 0.29) is 12.1 Å². The molecule has 5 heteroatoms. The van der Waals surface area contributed by atoms with Crippen LogP contribution in [-0.4, -0.2) is 28.2 Å². The summed E-state index contributed by atoms with van der Waals surface area (Å²) in [6.07, 6.45) is 0.788. The molecule has 2 atom stereocenters. The Labute approximate surface area is 169 Å². The summed E-state index contributed by atoms with van der Waals surface area (Å²) in [7, 11) is 0. The molecular weight excluding hydrogens is 406 g/mol. The lowest BCUT2D eigenvalue weighted by molar-refractivity contribution is 0.00728. The number of amides is 1. The quantitative estimate of drug-likeness (QED) is 0.664. The van der Waals surface area contributed by atoms with Gasteiger partial charge in [-0.1, -0.05) is 58.4 Å². The van der Waals surface area contributed by atoms with Crippen molar-refractivity contribution >= 4 is 22.0 Å². The van der Waals surface area contributed by atoms with Crippen LogP contribution in [0.25, 0.3) is 0 Å². The van der Waals surface area contributed by atoms with Crippen LogP contribution >= 0.6 is 15.9 Å². The minimum atomic E-state index is -0.821. The first-order valence-corrected chi connectivity index (χ1v) is 10.0. The molecule has 1 aliphatic heterocycles. The van der Waals surface area contributed by atoms with Gasteiger partial charge in [-0.25, -0.2) is 4.79 Å². The molecule has 1 saturated heterocycles. The number of carbonyl (C=O) groups excluding carboxylic acids is 1. The van der Waals surface area contributed by atoms with Crippen molar-refractivity contribution in [2.45, 2.75) is 50.9 Å². The summed E-state index contributed by atoms with van der Waals surface area (Å²) in [6, 6.07) is 17.7. The number of ether oxygens (including phenoxy) is 1. The van der Waals surface area contributed by atoms with Crippen molar-refractivity contribution < 1.29 is 14.6 Å². The SMILES string of the molecule is C[C@@H](c1ccc(Br)cc1)N1CC(CCC(C)(C)O)(c2ccccc2)OC1=O. The van der Waals surface area contributed by atoms with Crippen LogP contribution in [0.5, 0.6) is 0 Å². The molecule has 4 nitrogen and oxygen atoms in total. The van der Waals surface area contributed by atoms with Gasteiger partial charge in [0, 0.05) is 4.47 Å². The monoisotopic (exact) mass is 431 g/mol. The lowest BCUT2D eigenvalue weighted by atomic mass is 9.85. The average Bonchev–Trinajstić information content (AvgIpc) is 2.98. The Morgan fingerprint density at radius 1 is 1.19 bits per heavy atom. The third-order valence-corrected chi connectivity index (χ3v) is 5.73. The van der Waals surface area contributed by atoms with Crippen LogP contribution in [0.2, 0.25) is 0 Å². The summed E-state index contributed by atoms with van der Waals surface area (Å²) in [5.41, 5.74) is 0.454. The first-order valence-electron chi connectivity index (χ1n) is 9.23. The molecule has 0 aliphatic carbocycles. The van der Waals surface area contributed by atoms with Crippen molar-refractivity contribution in [2.24, 2.45) is 0 Å². The third-order valence-electron chi connectivity index (χ3n) is 5.20. The topological polar surface area (TPSA) is 49.8 Å². The van der Waals surface area contributed by atoms with Gasteiger partial charge in [0.25, 0.3) is 0 Å². The maximum atomic E-state index is 12.8. The molecule has 0 bridgehead atoms. The molecule has 2 aromatic carbocycles. The van der Waals surface area contributed by atoms with E-state index >= 15 is 0 Å². The highest BCUT2D eigenvalue weighted by Crippen LogP contribution is 2.41. The average molecular weight is 432 g/mol. The van der Waals surface area contributed by atoms with E-state index in [1.807, 2.05) is 61.5 Å². The second-order valence-corrected chi connectivity index (χ2v) is 8.81. The van der Waals surface area contributed by atoms with Crippen LogP contribution in [0.3, 0.4) is 0 Å². The number of rotatable bonds is 6. The number of nitrogens with zero attached hydrogens (tertiary/aromatic N) is 1. The highest BCUT2D eigenvalue weighted by molar-refractivity contribution is 9.10. The Hall–Kier alpha value is -1.85. The van der Waals surface area contributed by atoms with Crippen LogP contribution in [0.15, 0.2) is 59.1 Å². The van der Waals surface area contributed by atoms with Gasteiger partial charge in [-0.15, -0.1) is 0 Å². The number of hydrogen-bond donors (Lipinski definition) is 1. The molecule has 1 fully saturated rings. The van der Waals surface area contributed by atoms with Crippen LogP contribution < -0.4 is 0 Å². The largest absolute Gasteiger partial charge is 0.436 e. The van der Waals surface area contributed by atoms with E-state index in [2.05, 4.69) is 15.9 Å². The molecule has 1 aliphatic rings. The fourth-order valence-electron chi connectivity index (χ4n) is 3.49. The molecule has 1 N–H and O–H groups in total. The normalized spacial score (nSPS) is 21.2. The molecule has 27 heavy (non-hydrogen) atoms. The predicted molar refractivity (Wildman–Crippen MR) is 109 cm³/mol. The summed E-state index contributed by atoms with van der Waals surface area (Å²) in [5.74, 6) is 0. The number of aliphatic hydroxyl groups is 1. The fourth-order valence-corrected chi connectivity index (χ4v) is 3.75. The Bertz CT molecular complexity index is 785. The highest BCUT2D eigenvalue weighted by atomic mass is 79.9. The first-order chi connectivity index (χ1) is 12.7. The van der Waals surface area contributed by atoms with Crippen LogP contribution in [0.4, 0.5) is 4.79 Å². The highest BCUT2D eigenvalue weighted by Gasteiger charge is 2.48. The molecule has 1 amide bonds. The summed E-state index contributed by atoms with van der Waals surface area (Å²) in [4.78, 5) is 14.6. The molecular formula is C22H26BrNO3. The zero-order chi connectivity index (χ0) is 19.7. The first kappa shape index (κ1) is 19.9. The van der Waals surface area contributed by atoms with E-state index < -0.39 is 11.2 Å². The summed E-state index contributed by atoms with van der Waals surface area (Å²) >= 11 is 3.45. The molecule has 0 saturated carbocycles. The van der Waals surface area contributed by atoms with Gasteiger partial charge >= 0.3 is 6.09 Å². The molecule has 0 radical (unpaired) electrons. The fraction of sp³-hybridized carbons (Fsp3) is 0.409. The number of hydrogen-bond acceptors (Lipinski definition) is 3. The molecule has 1 unspecified atom stereocenters. The minimum absolute atomic E-state index is 0.0988. The van der Waals surface area contributed by atoms with Gasteiger partial charge in [0.05, 0.1) is 18.2 Å². The van der Waals surface area contributed by atoms with Crippen molar-refractivity contribution in [2.75, 3.05) is 6.54 Å². The van der Waals surface area contributed by atoms with E-state index in [9.17, 15) is 9.90 Å². The smallest absolute Gasteiger partial charge is 0.411 e. The lowest BCUT2D eigenvalue weighted by Gasteiger charge is -2.31. The molecule has 0 aromatic heterocycles. The summed E-state index contributed by atoms with van der Waals surface area (Å²) in [5, 5.41) is 10.2. The Morgan fingerprint density at radius 2 is 1.81 bits per heavy atom. The van der Waals surface area contributed by atoms with Gasteiger partial charge in [0.1, 0.15) is 0 Å². The van der Waals surface area contributed by atoms with Crippen LogP contribution in [0, 0.1) is 0 Å². The van der Waals surface area contributed by atoms with Gasteiger partial charge in [0.2, 0.25) is 0 Å². The van der Waals surface area contributed by atoms with Crippen LogP contribution in [-0.2, 0) is 10.3 Å². The minimum Gasteiger partial charge on any atom is -0.436 e. The van der Waals surface area contributed by atoms with E-state index in [0.717, 1.165) is 15.6 Å². The zero-order valence-electron chi connectivity index (χ0n) is 16.0. The molecule has 0 spiro atoms. The van der Waals surface area contributed by atoms with Crippen LogP contribution in [0.1, 0.15) is 50.8 Å². The second-order valence-electron chi connectivity index (χ2n) is 7.90. The summed E-state index contributed by atoms with van der Waals surface area (Å²) in [6.45, 7) is 6.04. The molecule has 2 aromatic rings. The van der Waals surface area contributed by atoms with E-state index in [4.69, 9.17) is 4.74 Å². The predicted octanol–water partition coefficient (Wildman–Crippen LogP) is 5.41. The van der Waals surface area contributed by atoms with Gasteiger partial charge in [-0.05, 0) is 56.9 Å². The molecule has 3 rings (SSSR count). The van der Waals surface area contributed by atoms with E-state index in [1.165, 1.54) is 0 Å². The number of cyclic esters (lactones) is 1. The van der Waals surface area contributed by atoms with Gasteiger partial charge in [-0.3, -0.25) is 4.90 Å². The maximum absolute atomic E-state index is 12.8. The van der Waals surface area contributed by atoms with Gasteiger partial charge in [0.15, 0.2) is 5.60 Å². The second kappa shape index (κ2) is 7.64. The third kappa shape index (κ3) is 4.53. The Kier molecular flexibility index (Phi) is 5.63. The standard InChI is InChI=1S/C22H26BrNO3/c1-16(17-9-11-19(23)12-10-17)24-15-22(27-20(24)25,14-13-21(2,3)26)18-7-5-4-6-8-18/h4-12,16,26H,13-15H2,1-3H3/t16-,22?/m0/s1. The zero-order valence-corrected chi connectivity index (χ0v) is 17.6. The van der Waals surface area contributed by atoms with Crippen molar-refractivity contribution in [3.8, 4) is 0 Å². The van der Waals surface area contributed by atoms with E-state index in [1.54, 1.807) is 18.7 Å². The summed E-state index contributed by atoms with van der Waals surface area (Å²) < 4.78 is 6.98. The maximum Gasteiger partial charge on any atom is 0.411 e. The molecule has 1 heterocycles. The molecule has 144 valence electrons. The van der Waals surface area contributed by atoms with Crippen molar-refractivity contribution in [3.63, 3.8) is 0 Å². The van der Waals surface area contributed by atoms with Crippen molar-refractivity contribution in [1.82, 2.24) is 4.90 Å². The number of carbonyl (C=O) groups is 1. The van der Waals surface area contributed by atoms with Crippen molar-refractivity contribution in [1.29, 1.82) is 0 Å². The van der Waals surface area contributed by atoms with Gasteiger partial charge in [-0.2, -0.15) is 0 Å². The Balaban J connectivity index is 1.89. The van der Waals surface area contributed by atoms with E-state index in [0.29, 0.717) is 19.4 Å². The number of halogens is 1. The Morgan fingerprint density at radius 3 is 2.41 bits per heavy atom. The van der Waals surface area contributed by atoms with Crippen molar-refractivity contribution in [3.05, 3.63) is 70.2 Å². The lowest BCUT2D eigenvalue weighted by Crippen LogP contribution is -2.35. The van der Waals surface area contributed by atoms with Gasteiger partial charge < -0.3 is 9.84 Å². The number of benzene rings is 2.